The maximum absolute atomic E-state index is 11.1. The number of rotatable bonds is 3. The third-order valence-electron chi connectivity index (χ3n) is 3.20. The van der Waals surface area contributed by atoms with Crippen LogP contribution in [0.15, 0.2) is 42.6 Å². The largest absolute Gasteiger partial charge is 0.481 e. The summed E-state index contributed by atoms with van der Waals surface area (Å²) >= 11 is 6.14. The number of carboxylic acid groups (broad SMARTS) is 1. The third-order valence-corrected chi connectivity index (χ3v) is 3.50. The summed E-state index contributed by atoms with van der Waals surface area (Å²) in [5, 5.41) is 9.61. The average Bonchev–Trinajstić information content (AvgIpc) is 2.80. The predicted molar refractivity (Wildman–Crippen MR) is 81.4 cm³/mol. The molecule has 0 fully saturated rings. The van der Waals surface area contributed by atoms with Crippen LogP contribution in [0.4, 0.5) is 5.69 Å². The van der Waals surface area contributed by atoms with E-state index in [2.05, 4.69) is 4.98 Å². The van der Waals surface area contributed by atoms with Gasteiger partial charge in [-0.2, -0.15) is 0 Å². The zero-order valence-corrected chi connectivity index (χ0v) is 11.7. The lowest BCUT2D eigenvalue weighted by molar-refractivity contribution is -0.136. The highest BCUT2D eigenvalue weighted by atomic mass is 35.5. The Balaban J connectivity index is 2.27. The van der Waals surface area contributed by atoms with Crippen molar-refractivity contribution in [2.24, 2.45) is 0 Å². The highest BCUT2D eigenvalue weighted by Gasteiger charge is 2.17. The highest BCUT2D eigenvalue weighted by Crippen LogP contribution is 2.28. The molecule has 0 aliphatic rings. The smallest absolute Gasteiger partial charge is 0.309 e. The molecule has 2 aromatic heterocycles. The van der Waals surface area contributed by atoms with Crippen molar-refractivity contribution in [3.63, 3.8) is 0 Å². The second-order valence-corrected chi connectivity index (χ2v) is 5.06. The van der Waals surface area contributed by atoms with Gasteiger partial charge in [0.15, 0.2) is 5.65 Å². The summed E-state index contributed by atoms with van der Waals surface area (Å²) in [7, 11) is 0. The summed E-state index contributed by atoms with van der Waals surface area (Å²) in [6.45, 7) is 0. The summed E-state index contributed by atoms with van der Waals surface area (Å²) in [5.41, 5.74) is 8.86. The molecule has 0 radical (unpaired) electrons. The van der Waals surface area contributed by atoms with Gasteiger partial charge in [0.2, 0.25) is 0 Å². The van der Waals surface area contributed by atoms with E-state index in [-0.39, 0.29) is 6.42 Å². The minimum Gasteiger partial charge on any atom is -0.481 e. The molecule has 0 spiro atoms. The topological polar surface area (TPSA) is 80.6 Å². The van der Waals surface area contributed by atoms with Gasteiger partial charge < -0.3 is 15.2 Å². The van der Waals surface area contributed by atoms with E-state index in [1.54, 1.807) is 34.9 Å². The molecule has 0 atom stereocenters. The Morgan fingerprint density at radius 1 is 1.29 bits per heavy atom. The molecule has 3 rings (SSSR count). The molecule has 0 unspecified atom stereocenters. The first-order chi connectivity index (χ1) is 10.1. The van der Waals surface area contributed by atoms with E-state index in [0.717, 1.165) is 5.56 Å². The number of aromatic nitrogens is 2. The number of carboxylic acids is 1. The quantitative estimate of drug-likeness (QED) is 0.729. The minimum atomic E-state index is -0.923. The Morgan fingerprint density at radius 2 is 2.00 bits per heavy atom. The summed E-state index contributed by atoms with van der Waals surface area (Å²) in [5.74, 6) is -0.923. The van der Waals surface area contributed by atoms with Crippen LogP contribution >= 0.6 is 11.6 Å². The molecular weight excluding hydrogens is 290 g/mol. The maximum atomic E-state index is 11.1. The van der Waals surface area contributed by atoms with Crippen LogP contribution in [-0.4, -0.2) is 20.5 Å². The molecule has 6 heteroatoms. The highest BCUT2D eigenvalue weighted by molar-refractivity contribution is 6.33. The standard InChI is InChI=1S/C15H12ClN3O2/c16-11-2-1-7-19-12(8-13(20)21)14(18-15(11)19)9-3-5-10(17)6-4-9/h1-7H,8,17H2,(H,20,21). The zero-order chi connectivity index (χ0) is 15.0. The molecule has 0 aliphatic heterocycles. The summed E-state index contributed by atoms with van der Waals surface area (Å²) in [6.07, 6.45) is 1.62. The second-order valence-electron chi connectivity index (χ2n) is 4.65. The zero-order valence-electron chi connectivity index (χ0n) is 11.0. The van der Waals surface area contributed by atoms with Crippen LogP contribution in [0.3, 0.4) is 0 Å². The van der Waals surface area contributed by atoms with Crippen molar-refractivity contribution in [3.05, 3.63) is 53.3 Å². The van der Waals surface area contributed by atoms with Gasteiger partial charge in [-0.15, -0.1) is 0 Å². The molecular formula is C15H12ClN3O2. The van der Waals surface area contributed by atoms with Gasteiger partial charge in [0.1, 0.15) is 0 Å². The second kappa shape index (κ2) is 5.10. The Kier molecular flexibility index (Phi) is 3.27. The lowest BCUT2D eigenvalue weighted by Gasteiger charge is -2.03. The Morgan fingerprint density at radius 3 is 2.67 bits per heavy atom. The Hall–Kier alpha value is -2.53. The molecule has 106 valence electrons. The molecule has 0 saturated heterocycles. The number of aliphatic carboxylic acids is 1. The van der Waals surface area contributed by atoms with Gasteiger partial charge in [0.25, 0.3) is 0 Å². The molecule has 2 heterocycles. The minimum absolute atomic E-state index is 0.138. The van der Waals surface area contributed by atoms with E-state index >= 15 is 0 Å². The van der Waals surface area contributed by atoms with Gasteiger partial charge in [0.05, 0.1) is 22.8 Å². The van der Waals surface area contributed by atoms with Gasteiger partial charge >= 0.3 is 5.97 Å². The maximum Gasteiger partial charge on any atom is 0.309 e. The van der Waals surface area contributed by atoms with E-state index in [1.807, 2.05) is 12.1 Å². The molecule has 1 aromatic carbocycles. The number of hydrogen-bond acceptors (Lipinski definition) is 3. The first-order valence-electron chi connectivity index (χ1n) is 6.29. The van der Waals surface area contributed by atoms with Crippen molar-refractivity contribution in [2.75, 3.05) is 5.73 Å². The van der Waals surface area contributed by atoms with Gasteiger partial charge in [-0.1, -0.05) is 23.7 Å². The van der Waals surface area contributed by atoms with Crippen LogP contribution in [0.2, 0.25) is 5.02 Å². The van der Waals surface area contributed by atoms with Crippen molar-refractivity contribution >= 4 is 28.9 Å². The molecule has 5 nitrogen and oxygen atoms in total. The Labute approximate surface area is 125 Å². The van der Waals surface area contributed by atoms with Crippen LogP contribution in [-0.2, 0) is 11.2 Å². The molecule has 0 saturated carbocycles. The number of carbonyl (C=O) groups is 1. The average molecular weight is 302 g/mol. The number of fused-ring (bicyclic) bond motifs is 1. The summed E-state index contributed by atoms with van der Waals surface area (Å²) in [6, 6.07) is 10.6. The monoisotopic (exact) mass is 301 g/mol. The SMILES string of the molecule is Nc1ccc(-c2nc3c(Cl)cccn3c2CC(=O)O)cc1. The molecule has 0 aliphatic carbocycles. The number of halogens is 1. The number of hydrogen-bond donors (Lipinski definition) is 2. The van der Waals surface area contributed by atoms with E-state index in [9.17, 15) is 4.79 Å². The van der Waals surface area contributed by atoms with Gasteiger partial charge in [-0.05, 0) is 24.3 Å². The number of nitrogen functional groups attached to an aromatic ring is 1. The molecule has 3 aromatic rings. The number of nitrogens with two attached hydrogens (primary N) is 1. The van der Waals surface area contributed by atoms with E-state index < -0.39 is 5.97 Å². The van der Waals surface area contributed by atoms with E-state index in [4.69, 9.17) is 22.4 Å². The van der Waals surface area contributed by atoms with Crippen LogP contribution in [0.1, 0.15) is 5.69 Å². The first-order valence-corrected chi connectivity index (χ1v) is 6.67. The van der Waals surface area contributed by atoms with Crippen molar-refractivity contribution < 1.29 is 9.90 Å². The third kappa shape index (κ3) is 2.43. The normalized spacial score (nSPS) is 10.9. The summed E-state index contributed by atoms with van der Waals surface area (Å²) < 4.78 is 1.71. The van der Waals surface area contributed by atoms with Crippen LogP contribution in [0.5, 0.6) is 0 Å². The van der Waals surface area contributed by atoms with Crippen molar-refractivity contribution in [3.8, 4) is 11.3 Å². The van der Waals surface area contributed by atoms with E-state index in [0.29, 0.717) is 27.7 Å². The van der Waals surface area contributed by atoms with Gasteiger partial charge in [0, 0.05) is 17.4 Å². The molecule has 0 bridgehead atoms. The van der Waals surface area contributed by atoms with Crippen LogP contribution in [0, 0.1) is 0 Å². The number of benzene rings is 1. The number of nitrogens with zero attached hydrogens (tertiary/aromatic N) is 2. The van der Waals surface area contributed by atoms with Gasteiger partial charge in [-0.3, -0.25) is 4.79 Å². The van der Waals surface area contributed by atoms with Crippen molar-refractivity contribution in [1.29, 1.82) is 0 Å². The molecule has 0 amide bonds. The fraction of sp³-hybridized carbons (Fsp3) is 0.0667. The molecule has 3 N–H and O–H groups in total. The van der Waals surface area contributed by atoms with Gasteiger partial charge in [-0.25, -0.2) is 4.98 Å². The van der Waals surface area contributed by atoms with Crippen molar-refractivity contribution in [1.82, 2.24) is 9.38 Å². The lowest BCUT2D eigenvalue weighted by Crippen LogP contribution is -2.04. The predicted octanol–water partition coefficient (Wildman–Crippen LogP) is 2.86. The van der Waals surface area contributed by atoms with E-state index in [1.165, 1.54) is 0 Å². The van der Waals surface area contributed by atoms with Crippen molar-refractivity contribution in [2.45, 2.75) is 6.42 Å². The van der Waals surface area contributed by atoms with Crippen LogP contribution in [0.25, 0.3) is 16.9 Å². The van der Waals surface area contributed by atoms with Crippen LogP contribution < -0.4 is 5.73 Å². The first kappa shape index (κ1) is 13.5. The number of imidazole rings is 1. The number of pyridine rings is 1. The molecule has 21 heavy (non-hydrogen) atoms. The Bertz CT molecular complexity index is 825. The lowest BCUT2D eigenvalue weighted by atomic mass is 10.1. The fourth-order valence-electron chi connectivity index (χ4n) is 2.27. The summed E-state index contributed by atoms with van der Waals surface area (Å²) in [4.78, 5) is 15.6. The fourth-order valence-corrected chi connectivity index (χ4v) is 2.47. The number of anilines is 1.